The number of nitrogens with one attached hydrogen (secondary N) is 1. The van der Waals surface area contributed by atoms with Crippen LogP contribution in [0.4, 0.5) is 23.2 Å². The highest BCUT2D eigenvalue weighted by Gasteiger charge is 2.48. The third kappa shape index (κ3) is 3.40. The fourth-order valence-corrected chi connectivity index (χ4v) is 2.44. The number of rotatable bonds is 5. The van der Waals surface area contributed by atoms with Crippen LogP contribution in [0.5, 0.6) is 0 Å². The Balaban J connectivity index is 3.35. The van der Waals surface area contributed by atoms with Crippen LogP contribution in [0.3, 0.4) is 0 Å². The smallest absolute Gasteiger partial charge is 0.380 e. The number of hydrogen-bond donors (Lipinski definition) is 2. The summed E-state index contributed by atoms with van der Waals surface area (Å²) >= 11 is 0. The van der Waals surface area contributed by atoms with Gasteiger partial charge in [0.15, 0.2) is 0 Å². The third-order valence-corrected chi connectivity index (χ3v) is 4.20. The molecule has 4 nitrogen and oxygen atoms in total. The van der Waals surface area contributed by atoms with Crippen molar-refractivity contribution >= 4 is 15.5 Å². The number of hydrogen-bond acceptors (Lipinski definition) is 4. The molecule has 0 aliphatic carbocycles. The predicted molar refractivity (Wildman–Crippen MR) is 66.4 cm³/mol. The Labute approximate surface area is 113 Å². The van der Waals surface area contributed by atoms with Crippen molar-refractivity contribution in [3.8, 4) is 0 Å². The van der Waals surface area contributed by atoms with Gasteiger partial charge in [-0.2, -0.15) is 13.2 Å². The molecule has 0 saturated carbocycles. The van der Waals surface area contributed by atoms with Gasteiger partial charge in [0.05, 0.1) is 5.69 Å². The molecule has 0 saturated heterocycles. The molecule has 0 bridgehead atoms. The Bertz CT molecular complexity index is 568. The largest absolute Gasteiger partial charge is 0.501 e. The monoisotopic (exact) mass is 314 g/mol. The molecule has 0 amide bonds. The highest BCUT2D eigenvalue weighted by atomic mass is 32.2. The van der Waals surface area contributed by atoms with Crippen LogP contribution >= 0.6 is 0 Å². The molecule has 9 heteroatoms. The number of sulfone groups is 1. The third-order valence-electron chi connectivity index (χ3n) is 2.67. The normalized spacial score (nSPS) is 14.1. The van der Waals surface area contributed by atoms with Gasteiger partial charge >= 0.3 is 5.51 Å². The van der Waals surface area contributed by atoms with E-state index in [0.717, 1.165) is 12.1 Å². The van der Waals surface area contributed by atoms with Crippen molar-refractivity contribution in [1.82, 2.24) is 0 Å². The van der Waals surface area contributed by atoms with Crippen molar-refractivity contribution in [2.45, 2.75) is 29.8 Å². The molecular formula is C11H14F4N2O2S. The zero-order valence-corrected chi connectivity index (χ0v) is 11.4. The first-order valence-electron chi connectivity index (χ1n) is 5.71. The summed E-state index contributed by atoms with van der Waals surface area (Å²) in [5.41, 5.74) is -0.419. The molecule has 1 aromatic rings. The van der Waals surface area contributed by atoms with Gasteiger partial charge in [0.2, 0.25) is 0 Å². The van der Waals surface area contributed by atoms with Crippen molar-refractivity contribution < 1.29 is 26.0 Å². The van der Waals surface area contributed by atoms with Gasteiger partial charge in [0.1, 0.15) is 10.7 Å². The van der Waals surface area contributed by atoms with Crippen LogP contribution in [-0.2, 0) is 9.84 Å². The molecule has 1 atom stereocenters. The Morgan fingerprint density at radius 1 is 1.35 bits per heavy atom. The standard InChI is InChI=1S/C11H14F4N2O2S/c1-2-8(6-16)17-9-4-3-7(12)5-10(9)20(18,19)11(13,14)15/h3-5,8,17H,2,6,16H2,1H3. The Morgan fingerprint density at radius 2 is 1.95 bits per heavy atom. The molecule has 114 valence electrons. The predicted octanol–water partition coefficient (Wildman–Crippen LogP) is 2.27. The van der Waals surface area contributed by atoms with Gasteiger partial charge in [0, 0.05) is 12.6 Å². The Hall–Kier alpha value is -1.35. The summed E-state index contributed by atoms with van der Waals surface area (Å²) in [6.45, 7) is 1.82. The van der Waals surface area contributed by atoms with Crippen molar-refractivity contribution in [3.63, 3.8) is 0 Å². The quantitative estimate of drug-likeness (QED) is 0.818. The minimum atomic E-state index is -5.63. The summed E-state index contributed by atoms with van der Waals surface area (Å²) in [5, 5.41) is 2.58. The van der Waals surface area contributed by atoms with Crippen LogP contribution in [0.25, 0.3) is 0 Å². The molecular weight excluding hydrogens is 300 g/mol. The molecule has 1 unspecified atom stereocenters. The van der Waals surface area contributed by atoms with Gasteiger partial charge in [-0.1, -0.05) is 6.92 Å². The van der Waals surface area contributed by atoms with Crippen LogP contribution < -0.4 is 11.1 Å². The fraction of sp³-hybridized carbons (Fsp3) is 0.455. The van der Waals surface area contributed by atoms with Crippen LogP contribution in [0.1, 0.15) is 13.3 Å². The van der Waals surface area contributed by atoms with E-state index >= 15 is 0 Å². The van der Waals surface area contributed by atoms with Gasteiger partial charge in [-0.3, -0.25) is 0 Å². The van der Waals surface area contributed by atoms with Crippen LogP contribution in [0.2, 0.25) is 0 Å². The van der Waals surface area contributed by atoms with Crippen molar-refractivity contribution in [1.29, 1.82) is 0 Å². The lowest BCUT2D eigenvalue weighted by atomic mass is 10.2. The lowest BCUT2D eigenvalue weighted by Gasteiger charge is -2.19. The van der Waals surface area contributed by atoms with E-state index in [-0.39, 0.29) is 12.2 Å². The van der Waals surface area contributed by atoms with E-state index < -0.39 is 32.1 Å². The first-order valence-corrected chi connectivity index (χ1v) is 7.19. The molecule has 1 rings (SSSR count). The molecule has 1 aromatic carbocycles. The summed E-state index contributed by atoms with van der Waals surface area (Å²) in [6, 6.07) is 1.75. The maximum atomic E-state index is 13.1. The number of benzene rings is 1. The minimum Gasteiger partial charge on any atom is -0.380 e. The second kappa shape index (κ2) is 5.96. The summed E-state index contributed by atoms with van der Waals surface area (Å²) in [6.07, 6.45) is 0.472. The highest BCUT2D eigenvalue weighted by molar-refractivity contribution is 7.92. The number of halogens is 4. The maximum Gasteiger partial charge on any atom is 0.501 e. The first kappa shape index (κ1) is 16.7. The lowest BCUT2D eigenvalue weighted by Crippen LogP contribution is -2.30. The SMILES string of the molecule is CCC(CN)Nc1ccc(F)cc1S(=O)(=O)C(F)(F)F. The van der Waals surface area contributed by atoms with Gasteiger partial charge in [-0.15, -0.1) is 0 Å². The molecule has 0 aliphatic heterocycles. The molecule has 0 aromatic heterocycles. The molecule has 0 aliphatic rings. The van der Waals surface area contributed by atoms with Crippen LogP contribution in [0.15, 0.2) is 23.1 Å². The zero-order chi connectivity index (χ0) is 15.6. The van der Waals surface area contributed by atoms with Crippen molar-refractivity contribution in [2.75, 3.05) is 11.9 Å². The maximum absolute atomic E-state index is 13.1. The summed E-state index contributed by atoms with van der Waals surface area (Å²) in [7, 11) is -5.63. The summed E-state index contributed by atoms with van der Waals surface area (Å²) in [5.74, 6) is -1.07. The fourth-order valence-electron chi connectivity index (χ4n) is 1.51. The molecule has 3 N–H and O–H groups in total. The van der Waals surface area contributed by atoms with Gasteiger partial charge in [0.25, 0.3) is 9.84 Å². The van der Waals surface area contributed by atoms with Crippen LogP contribution in [0, 0.1) is 5.82 Å². The average molecular weight is 314 g/mol. The van der Waals surface area contributed by atoms with Crippen LogP contribution in [-0.4, -0.2) is 26.5 Å². The summed E-state index contributed by atoms with van der Waals surface area (Å²) < 4.78 is 73.6. The van der Waals surface area contributed by atoms with Crippen molar-refractivity contribution in [3.05, 3.63) is 24.0 Å². The van der Waals surface area contributed by atoms with E-state index in [9.17, 15) is 26.0 Å². The van der Waals surface area contributed by atoms with E-state index in [0.29, 0.717) is 12.5 Å². The van der Waals surface area contributed by atoms with E-state index in [2.05, 4.69) is 5.32 Å². The zero-order valence-electron chi connectivity index (χ0n) is 10.5. The topological polar surface area (TPSA) is 72.2 Å². The highest BCUT2D eigenvalue weighted by Crippen LogP contribution is 2.35. The number of alkyl halides is 3. The van der Waals surface area contributed by atoms with Crippen molar-refractivity contribution in [2.24, 2.45) is 5.73 Å². The van der Waals surface area contributed by atoms with Gasteiger partial charge < -0.3 is 11.1 Å². The second-order valence-electron chi connectivity index (χ2n) is 4.07. The molecule has 20 heavy (non-hydrogen) atoms. The number of nitrogens with two attached hydrogens (primary N) is 1. The van der Waals surface area contributed by atoms with E-state index in [1.807, 2.05) is 0 Å². The van der Waals surface area contributed by atoms with Gasteiger partial charge in [-0.25, -0.2) is 12.8 Å². The average Bonchev–Trinajstić information content (AvgIpc) is 2.35. The first-order chi connectivity index (χ1) is 9.13. The lowest BCUT2D eigenvalue weighted by molar-refractivity contribution is -0.0435. The molecule has 0 fully saturated rings. The van der Waals surface area contributed by atoms with E-state index in [1.165, 1.54) is 0 Å². The van der Waals surface area contributed by atoms with E-state index in [1.54, 1.807) is 6.92 Å². The van der Waals surface area contributed by atoms with Gasteiger partial charge in [-0.05, 0) is 24.6 Å². The Morgan fingerprint density at radius 3 is 2.40 bits per heavy atom. The molecule has 0 heterocycles. The molecule has 0 spiro atoms. The second-order valence-corrected chi connectivity index (χ2v) is 5.98. The molecule has 0 radical (unpaired) electrons. The number of anilines is 1. The summed E-state index contributed by atoms with van der Waals surface area (Å²) in [4.78, 5) is -1.14. The Kier molecular flexibility index (Phi) is 4.98. The van der Waals surface area contributed by atoms with E-state index in [4.69, 9.17) is 5.73 Å². The minimum absolute atomic E-state index is 0.0966.